The summed E-state index contributed by atoms with van der Waals surface area (Å²) >= 11 is 0. The van der Waals surface area contributed by atoms with Crippen LogP contribution in [0.1, 0.15) is 19.3 Å². The molecule has 1 nitrogen and oxygen atoms in total. The Bertz CT molecular complexity index is 57.5. The molecule has 0 spiro atoms. The molecule has 1 rings (SSSR count). The molecule has 0 aromatic heterocycles. The molecule has 1 aliphatic heterocycles. The summed E-state index contributed by atoms with van der Waals surface area (Å²) in [6, 6.07) is 0. The van der Waals surface area contributed by atoms with Gasteiger partial charge in [0.2, 0.25) is 0 Å². The number of halogens is 1. The van der Waals surface area contributed by atoms with Crippen LogP contribution in [0.25, 0.3) is 0 Å². The van der Waals surface area contributed by atoms with Gasteiger partial charge in [0.05, 0.1) is 0 Å². The smallest absolute Gasteiger partial charge is 0.112 e. The average Bonchev–Trinajstić information content (AvgIpc) is 1.94. The highest BCUT2D eigenvalue weighted by Crippen LogP contribution is 2.06. The molecule has 0 unspecified atom stereocenters. The first kappa shape index (κ1) is 6.02. The molecule has 0 saturated carbocycles. The van der Waals surface area contributed by atoms with Crippen LogP contribution in [0.3, 0.4) is 0 Å². The Kier molecular flexibility index (Phi) is 2.27. The van der Waals surface area contributed by atoms with Gasteiger partial charge in [-0.15, -0.1) is 0 Å². The molecule has 0 aromatic rings. The van der Waals surface area contributed by atoms with E-state index in [9.17, 15) is 4.39 Å². The zero-order valence-corrected chi connectivity index (χ0v) is 4.99. The first-order chi connectivity index (χ1) is 3.89. The zero-order chi connectivity index (χ0) is 5.82. The van der Waals surface area contributed by atoms with E-state index in [2.05, 4.69) is 5.32 Å². The van der Waals surface area contributed by atoms with Crippen molar-refractivity contribution >= 4 is 0 Å². The van der Waals surface area contributed by atoms with Gasteiger partial charge in [0.1, 0.15) is 6.17 Å². The molecule has 1 N–H and O–H groups in total. The first-order valence-electron chi connectivity index (χ1n) is 3.24. The first-order valence-corrected chi connectivity index (χ1v) is 3.24. The van der Waals surface area contributed by atoms with Crippen LogP contribution in [-0.2, 0) is 0 Å². The van der Waals surface area contributed by atoms with Gasteiger partial charge in [-0.2, -0.15) is 0 Å². The fourth-order valence-corrected chi connectivity index (χ4v) is 0.977. The predicted octanol–water partition coefficient (Wildman–Crippen LogP) is 1.10. The lowest BCUT2D eigenvalue weighted by molar-refractivity contribution is 0.314. The fraction of sp³-hybridized carbons (Fsp3) is 1.00. The highest BCUT2D eigenvalue weighted by Gasteiger charge is 2.07. The van der Waals surface area contributed by atoms with E-state index in [0.29, 0.717) is 6.54 Å². The normalized spacial score (nSPS) is 31.9. The summed E-state index contributed by atoms with van der Waals surface area (Å²) in [6.07, 6.45) is 2.36. The molecule has 1 atom stereocenters. The Morgan fingerprint density at radius 1 is 1.38 bits per heavy atom. The third-order valence-electron chi connectivity index (χ3n) is 1.49. The molecular formula is C6H12FN. The molecule has 1 aliphatic rings. The van der Waals surface area contributed by atoms with E-state index >= 15 is 0 Å². The number of alkyl halides is 1. The largest absolute Gasteiger partial charge is 0.314 e. The van der Waals surface area contributed by atoms with Crippen molar-refractivity contribution in [2.45, 2.75) is 25.4 Å². The zero-order valence-electron chi connectivity index (χ0n) is 4.99. The van der Waals surface area contributed by atoms with Crippen molar-refractivity contribution < 1.29 is 4.39 Å². The molecule has 0 amide bonds. The van der Waals surface area contributed by atoms with E-state index in [1.54, 1.807) is 0 Å². The highest BCUT2D eigenvalue weighted by molar-refractivity contribution is 4.64. The standard InChI is InChI=1S/C6H12FN/c7-6-3-1-2-4-8-5-6/h6,8H,1-5H2/t6-/m1/s1. The van der Waals surface area contributed by atoms with Gasteiger partial charge < -0.3 is 5.32 Å². The average molecular weight is 117 g/mol. The monoisotopic (exact) mass is 117 g/mol. The van der Waals surface area contributed by atoms with E-state index in [1.807, 2.05) is 0 Å². The van der Waals surface area contributed by atoms with Gasteiger partial charge in [-0.3, -0.25) is 0 Å². The maximum absolute atomic E-state index is 12.4. The molecule has 0 bridgehead atoms. The number of nitrogens with one attached hydrogen (secondary N) is 1. The van der Waals surface area contributed by atoms with Crippen molar-refractivity contribution in [3.8, 4) is 0 Å². The van der Waals surface area contributed by atoms with Gasteiger partial charge >= 0.3 is 0 Å². The summed E-state index contributed by atoms with van der Waals surface area (Å²) in [5.74, 6) is 0. The van der Waals surface area contributed by atoms with Crippen molar-refractivity contribution in [3.05, 3.63) is 0 Å². The fourth-order valence-electron chi connectivity index (χ4n) is 0.977. The summed E-state index contributed by atoms with van der Waals surface area (Å²) in [5, 5.41) is 3.02. The predicted molar refractivity (Wildman–Crippen MR) is 31.6 cm³/mol. The summed E-state index contributed by atoms with van der Waals surface area (Å²) in [7, 11) is 0. The molecule has 2 heteroatoms. The molecule has 1 saturated heterocycles. The maximum Gasteiger partial charge on any atom is 0.112 e. The third kappa shape index (κ3) is 1.78. The Balaban J connectivity index is 2.17. The second-order valence-corrected chi connectivity index (χ2v) is 2.30. The summed E-state index contributed by atoms with van der Waals surface area (Å²) in [4.78, 5) is 0. The lowest BCUT2D eigenvalue weighted by Crippen LogP contribution is -2.20. The van der Waals surface area contributed by atoms with E-state index in [-0.39, 0.29) is 0 Å². The van der Waals surface area contributed by atoms with Crippen LogP contribution in [0.5, 0.6) is 0 Å². The van der Waals surface area contributed by atoms with Crippen LogP contribution in [0.15, 0.2) is 0 Å². The lowest BCUT2D eigenvalue weighted by Gasteiger charge is -1.99. The molecule has 1 heterocycles. The van der Waals surface area contributed by atoms with E-state index < -0.39 is 6.17 Å². The molecule has 48 valence electrons. The Labute approximate surface area is 49.3 Å². The van der Waals surface area contributed by atoms with Crippen LogP contribution in [-0.4, -0.2) is 19.3 Å². The number of rotatable bonds is 0. The molecule has 1 fully saturated rings. The molecular weight excluding hydrogens is 105 g/mol. The van der Waals surface area contributed by atoms with Gasteiger partial charge in [0, 0.05) is 6.54 Å². The second-order valence-electron chi connectivity index (χ2n) is 2.30. The maximum atomic E-state index is 12.4. The number of hydrogen-bond donors (Lipinski definition) is 1. The Morgan fingerprint density at radius 2 is 2.25 bits per heavy atom. The minimum Gasteiger partial charge on any atom is -0.314 e. The Hall–Kier alpha value is -0.110. The van der Waals surface area contributed by atoms with Crippen LogP contribution in [0.4, 0.5) is 4.39 Å². The van der Waals surface area contributed by atoms with Crippen LogP contribution < -0.4 is 5.32 Å². The minimum absolute atomic E-state index is 0.569. The van der Waals surface area contributed by atoms with Gasteiger partial charge in [-0.25, -0.2) is 4.39 Å². The SMILES string of the molecule is F[C@@H]1CCCCNC1. The second kappa shape index (κ2) is 3.02. The topological polar surface area (TPSA) is 12.0 Å². The summed E-state index contributed by atoms with van der Waals surface area (Å²) in [5.41, 5.74) is 0. The van der Waals surface area contributed by atoms with Crippen molar-refractivity contribution in [1.29, 1.82) is 0 Å². The molecule has 0 radical (unpaired) electrons. The third-order valence-corrected chi connectivity index (χ3v) is 1.49. The van der Waals surface area contributed by atoms with Crippen molar-refractivity contribution in [2.24, 2.45) is 0 Å². The minimum atomic E-state index is -0.586. The summed E-state index contributed by atoms with van der Waals surface area (Å²) < 4.78 is 12.4. The van der Waals surface area contributed by atoms with Crippen LogP contribution in [0.2, 0.25) is 0 Å². The van der Waals surface area contributed by atoms with Crippen molar-refractivity contribution in [3.63, 3.8) is 0 Å². The van der Waals surface area contributed by atoms with E-state index in [4.69, 9.17) is 0 Å². The van der Waals surface area contributed by atoms with E-state index in [1.165, 1.54) is 0 Å². The van der Waals surface area contributed by atoms with Gasteiger partial charge in [-0.1, -0.05) is 0 Å². The van der Waals surface area contributed by atoms with E-state index in [0.717, 1.165) is 25.8 Å². The molecule has 8 heavy (non-hydrogen) atoms. The van der Waals surface area contributed by atoms with Crippen molar-refractivity contribution in [2.75, 3.05) is 13.1 Å². The molecule has 0 aromatic carbocycles. The highest BCUT2D eigenvalue weighted by atomic mass is 19.1. The van der Waals surface area contributed by atoms with Gasteiger partial charge in [0.15, 0.2) is 0 Å². The van der Waals surface area contributed by atoms with Gasteiger partial charge in [0.25, 0.3) is 0 Å². The van der Waals surface area contributed by atoms with Crippen molar-refractivity contribution in [1.82, 2.24) is 5.32 Å². The van der Waals surface area contributed by atoms with Crippen LogP contribution >= 0.6 is 0 Å². The Morgan fingerprint density at radius 3 is 3.12 bits per heavy atom. The van der Waals surface area contributed by atoms with Gasteiger partial charge in [-0.05, 0) is 25.8 Å². The lowest BCUT2D eigenvalue weighted by atomic mass is 10.2. The number of hydrogen-bond acceptors (Lipinski definition) is 1. The quantitative estimate of drug-likeness (QED) is 0.501. The van der Waals surface area contributed by atoms with Crippen LogP contribution in [0, 0.1) is 0 Å². The summed E-state index contributed by atoms with van der Waals surface area (Å²) in [6.45, 7) is 1.57. The molecule has 0 aliphatic carbocycles.